The highest BCUT2D eigenvalue weighted by Crippen LogP contribution is 2.33. The summed E-state index contributed by atoms with van der Waals surface area (Å²) < 4.78 is 1.61. The Bertz CT molecular complexity index is 1210. The Labute approximate surface area is 172 Å². The van der Waals surface area contributed by atoms with Crippen LogP contribution in [0.2, 0.25) is 0 Å². The van der Waals surface area contributed by atoms with Gasteiger partial charge in [0.1, 0.15) is 11.3 Å². The molecule has 3 N–H and O–H groups in total. The molecule has 1 saturated carbocycles. The van der Waals surface area contributed by atoms with Gasteiger partial charge in [-0.15, -0.1) is 0 Å². The quantitative estimate of drug-likeness (QED) is 0.559. The van der Waals surface area contributed by atoms with Gasteiger partial charge in [-0.05, 0) is 37.3 Å². The fourth-order valence-corrected chi connectivity index (χ4v) is 4.27. The summed E-state index contributed by atoms with van der Waals surface area (Å²) in [5.41, 5.74) is 1.20. The van der Waals surface area contributed by atoms with Gasteiger partial charge < -0.3 is 10.1 Å². The summed E-state index contributed by atoms with van der Waals surface area (Å²) in [5, 5.41) is 8.74. The molecule has 0 radical (unpaired) electrons. The zero-order valence-electron chi connectivity index (χ0n) is 16.7. The molecule has 156 valence electrons. The minimum absolute atomic E-state index is 0.0585. The summed E-state index contributed by atoms with van der Waals surface area (Å²) >= 11 is 0. The first-order valence-electron chi connectivity index (χ1n) is 10.2. The van der Waals surface area contributed by atoms with Crippen molar-refractivity contribution in [2.75, 3.05) is 0 Å². The minimum atomic E-state index is -1.01. The Morgan fingerprint density at radius 1 is 1.17 bits per heavy atom. The predicted octanol–water partition coefficient (Wildman–Crippen LogP) is 3.32. The lowest BCUT2D eigenvalue weighted by atomic mass is 9.84. The van der Waals surface area contributed by atoms with Crippen LogP contribution in [0, 0.1) is 5.92 Å². The van der Waals surface area contributed by atoms with E-state index in [4.69, 9.17) is 5.11 Å². The molecule has 1 fully saturated rings. The van der Waals surface area contributed by atoms with Crippen LogP contribution in [0.5, 0.6) is 0 Å². The average Bonchev–Trinajstić information content (AvgIpc) is 3.18. The third-order valence-corrected chi connectivity index (χ3v) is 5.92. The number of H-pyrrole nitrogens is 2. The first-order chi connectivity index (χ1) is 14.4. The first-order valence-corrected chi connectivity index (χ1v) is 10.2. The molecule has 4 rings (SSSR count). The van der Waals surface area contributed by atoms with Crippen LogP contribution in [0.4, 0.5) is 0 Å². The molecule has 0 spiro atoms. The van der Waals surface area contributed by atoms with Crippen molar-refractivity contribution < 1.29 is 9.90 Å². The van der Waals surface area contributed by atoms with Gasteiger partial charge in [0.2, 0.25) is 0 Å². The Kier molecular flexibility index (Phi) is 5.39. The number of aliphatic carboxylic acids is 1. The van der Waals surface area contributed by atoms with E-state index in [1.54, 1.807) is 28.8 Å². The van der Waals surface area contributed by atoms with Crippen molar-refractivity contribution in [2.24, 2.45) is 5.92 Å². The van der Waals surface area contributed by atoms with Crippen molar-refractivity contribution in [3.63, 3.8) is 0 Å². The van der Waals surface area contributed by atoms with Crippen molar-refractivity contribution in [3.8, 4) is 11.4 Å². The van der Waals surface area contributed by atoms with Crippen molar-refractivity contribution in [1.29, 1.82) is 0 Å². The number of carboxylic acid groups (broad SMARTS) is 1. The molecular weight excluding hydrogens is 384 g/mol. The van der Waals surface area contributed by atoms with Crippen molar-refractivity contribution in [1.82, 2.24) is 19.5 Å². The zero-order chi connectivity index (χ0) is 21.3. The molecule has 0 saturated heterocycles. The van der Waals surface area contributed by atoms with Crippen LogP contribution in [-0.4, -0.2) is 30.6 Å². The second-order valence-electron chi connectivity index (χ2n) is 7.85. The summed E-state index contributed by atoms with van der Waals surface area (Å²) in [6.07, 6.45) is 8.24. The topological polar surface area (TPSA) is 121 Å². The maximum absolute atomic E-state index is 12.7. The third-order valence-electron chi connectivity index (χ3n) is 5.92. The molecule has 0 amide bonds. The monoisotopic (exact) mass is 408 g/mol. The van der Waals surface area contributed by atoms with E-state index in [-0.39, 0.29) is 11.6 Å². The molecule has 2 heterocycles. The molecule has 1 unspecified atom stereocenters. The van der Waals surface area contributed by atoms with Crippen molar-refractivity contribution >= 4 is 23.2 Å². The van der Waals surface area contributed by atoms with Crippen LogP contribution in [0.3, 0.4) is 0 Å². The number of carbonyl (C=O) groups is 1. The number of imidazole rings is 1. The van der Waals surface area contributed by atoms with Crippen molar-refractivity contribution in [2.45, 2.75) is 45.1 Å². The van der Waals surface area contributed by atoms with E-state index in [1.165, 1.54) is 12.5 Å². The molecule has 3 aromatic rings. The molecule has 1 atom stereocenters. The highest BCUT2D eigenvalue weighted by Gasteiger charge is 2.25. The fraction of sp³-hybridized carbons (Fsp3) is 0.364. The SMILES string of the molecule is CC(C1CCCCC1)n1c(=O)[nH]c(=O)c2[nH]c(-c3ccc(C=CC(=O)O)cc3)nc21. The number of hydrogen-bond acceptors (Lipinski definition) is 4. The molecule has 0 bridgehead atoms. The van der Waals surface area contributed by atoms with Gasteiger partial charge in [-0.25, -0.2) is 14.6 Å². The van der Waals surface area contributed by atoms with Gasteiger partial charge in [0, 0.05) is 17.7 Å². The molecule has 8 nitrogen and oxygen atoms in total. The second kappa shape index (κ2) is 8.14. The van der Waals surface area contributed by atoms with Crippen LogP contribution in [-0.2, 0) is 4.79 Å². The number of nitrogens with one attached hydrogen (secondary N) is 2. The van der Waals surface area contributed by atoms with E-state index in [0.717, 1.165) is 42.9 Å². The fourth-order valence-electron chi connectivity index (χ4n) is 4.27. The highest BCUT2D eigenvalue weighted by atomic mass is 16.4. The maximum atomic E-state index is 12.7. The van der Waals surface area contributed by atoms with E-state index in [2.05, 4.69) is 15.0 Å². The van der Waals surface area contributed by atoms with Gasteiger partial charge in [-0.1, -0.05) is 43.5 Å². The Balaban J connectivity index is 1.75. The number of hydrogen-bond donors (Lipinski definition) is 3. The average molecular weight is 408 g/mol. The number of fused-ring (bicyclic) bond motifs is 1. The molecule has 8 heteroatoms. The largest absolute Gasteiger partial charge is 0.478 e. The van der Waals surface area contributed by atoms with Crippen molar-refractivity contribution in [3.05, 3.63) is 56.7 Å². The summed E-state index contributed by atoms with van der Waals surface area (Å²) in [6.45, 7) is 2.02. The van der Waals surface area contributed by atoms with E-state index < -0.39 is 17.2 Å². The minimum Gasteiger partial charge on any atom is -0.478 e. The number of aromatic nitrogens is 4. The maximum Gasteiger partial charge on any atom is 0.330 e. The van der Waals surface area contributed by atoms with E-state index in [0.29, 0.717) is 17.4 Å². The summed E-state index contributed by atoms with van der Waals surface area (Å²) in [7, 11) is 0. The van der Waals surface area contributed by atoms with E-state index in [9.17, 15) is 14.4 Å². The van der Waals surface area contributed by atoms with Gasteiger partial charge in [0.05, 0.1) is 0 Å². The molecule has 30 heavy (non-hydrogen) atoms. The van der Waals surface area contributed by atoms with Crippen LogP contribution >= 0.6 is 0 Å². The molecule has 0 aliphatic heterocycles. The Morgan fingerprint density at radius 3 is 2.53 bits per heavy atom. The molecule has 1 aromatic carbocycles. The van der Waals surface area contributed by atoms with Gasteiger partial charge >= 0.3 is 11.7 Å². The number of carboxylic acids is 1. The number of benzene rings is 1. The van der Waals surface area contributed by atoms with Crippen LogP contribution in [0.15, 0.2) is 39.9 Å². The summed E-state index contributed by atoms with van der Waals surface area (Å²) in [4.78, 5) is 45.8. The van der Waals surface area contributed by atoms with Crippen LogP contribution in [0.25, 0.3) is 28.6 Å². The van der Waals surface area contributed by atoms with Gasteiger partial charge in [0.25, 0.3) is 5.56 Å². The number of nitrogens with zero attached hydrogens (tertiary/aromatic N) is 2. The second-order valence-corrected chi connectivity index (χ2v) is 7.85. The lowest BCUT2D eigenvalue weighted by Crippen LogP contribution is -2.35. The van der Waals surface area contributed by atoms with E-state index in [1.807, 2.05) is 6.92 Å². The Hall–Kier alpha value is -3.42. The number of aromatic amines is 2. The van der Waals surface area contributed by atoms with Crippen LogP contribution < -0.4 is 11.2 Å². The smallest absolute Gasteiger partial charge is 0.330 e. The highest BCUT2D eigenvalue weighted by molar-refractivity contribution is 5.85. The molecule has 1 aliphatic rings. The standard InChI is InChI=1S/C22H24N4O4/c1-13(15-5-3-2-4-6-15)26-20-18(21(29)25-22(26)30)23-19(24-20)16-10-7-14(8-11-16)9-12-17(27)28/h7-13,15H,2-6H2,1H3,(H,23,24)(H,27,28)(H,25,29,30). The Morgan fingerprint density at radius 2 is 1.87 bits per heavy atom. The summed E-state index contributed by atoms with van der Waals surface area (Å²) in [5.74, 6) is -0.147. The third kappa shape index (κ3) is 3.85. The lowest BCUT2D eigenvalue weighted by Gasteiger charge is -2.28. The first kappa shape index (κ1) is 19.9. The van der Waals surface area contributed by atoms with Gasteiger partial charge in [-0.3, -0.25) is 14.3 Å². The van der Waals surface area contributed by atoms with Gasteiger partial charge in [-0.2, -0.15) is 0 Å². The molecule has 2 aromatic heterocycles. The normalized spacial score (nSPS) is 16.3. The van der Waals surface area contributed by atoms with E-state index >= 15 is 0 Å². The lowest BCUT2D eigenvalue weighted by molar-refractivity contribution is -0.131. The van der Waals surface area contributed by atoms with Crippen LogP contribution in [0.1, 0.15) is 50.6 Å². The predicted molar refractivity (Wildman–Crippen MR) is 114 cm³/mol. The molecule has 1 aliphatic carbocycles. The zero-order valence-corrected chi connectivity index (χ0v) is 16.7. The number of rotatable bonds is 5. The van der Waals surface area contributed by atoms with Gasteiger partial charge in [0.15, 0.2) is 5.65 Å². The molecular formula is C22H24N4O4. The summed E-state index contributed by atoms with van der Waals surface area (Å²) in [6, 6.07) is 7.06.